The molecule has 0 amide bonds. The van der Waals surface area contributed by atoms with Gasteiger partial charge in [-0.3, -0.25) is 0 Å². The average molecular weight is 197 g/mol. The summed E-state index contributed by atoms with van der Waals surface area (Å²) in [5.41, 5.74) is -0.716. The molecule has 0 aromatic heterocycles. The largest absolute Gasteiger partial charge is 0.390 e. The predicted octanol–water partition coefficient (Wildman–Crippen LogP) is 1.85. The number of ether oxygens (including phenoxy) is 1. The fourth-order valence-electron chi connectivity index (χ4n) is 1.91. The minimum atomic E-state index is -0.716. The number of aliphatic hydroxyl groups is 1. The highest BCUT2D eigenvalue weighted by Crippen LogP contribution is 2.30. The second-order valence-corrected chi connectivity index (χ2v) is 4.63. The van der Waals surface area contributed by atoms with Gasteiger partial charge < -0.3 is 9.84 Å². The summed E-state index contributed by atoms with van der Waals surface area (Å²) >= 11 is 0. The van der Waals surface area contributed by atoms with Crippen LogP contribution in [0.1, 0.15) is 40.0 Å². The third-order valence-electron chi connectivity index (χ3n) is 2.82. The summed E-state index contributed by atoms with van der Waals surface area (Å²) in [6, 6.07) is 2.19. The highest BCUT2D eigenvalue weighted by molar-refractivity contribution is 5.01. The molecule has 1 N–H and O–H groups in total. The lowest BCUT2D eigenvalue weighted by molar-refractivity contribution is -0.109. The summed E-state index contributed by atoms with van der Waals surface area (Å²) in [5, 5.41) is 18.8. The van der Waals surface area contributed by atoms with E-state index in [0.717, 1.165) is 12.8 Å². The van der Waals surface area contributed by atoms with Gasteiger partial charge in [0.15, 0.2) is 5.60 Å². The van der Waals surface area contributed by atoms with Crippen LogP contribution in [-0.2, 0) is 4.74 Å². The molecule has 3 heteroatoms. The molecule has 1 saturated heterocycles. The van der Waals surface area contributed by atoms with E-state index in [0.29, 0.717) is 6.42 Å². The molecule has 1 rings (SSSR count). The summed E-state index contributed by atoms with van der Waals surface area (Å²) in [4.78, 5) is 0. The van der Waals surface area contributed by atoms with Gasteiger partial charge in [-0.1, -0.05) is 13.8 Å². The number of nitrogens with zero attached hydrogens (tertiary/aromatic N) is 1. The monoisotopic (exact) mass is 197 g/mol. The maximum atomic E-state index is 9.81. The lowest BCUT2D eigenvalue weighted by Gasteiger charge is -2.30. The molecule has 1 aliphatic rings. The maximum Gasteiger partial charge on any atom is 0.151 e. The van der Waals surface area contributed by atoms with Crippen molar-refractivity contribution in [3.8, 4) is 6.07 Å². The summed E-state index contributed by atoms with van der Waals surface area (Å²) in [7, 11) is 0. The molecule has 0 aliphatic carbocycles. The molecule has 0 bridgehead atoms. The third kappa shape index (κ3) is 2.46. The molecule has 3 atom stereocenters. The van der Waals surface area contributed by atoms with Crippen molar-refractivity contribution in [1.29, 1.82) is 5.26 Å². The summed E-state index contributed by atoms with van der Waals surface area (Å²) < 4.78 is 5.71. The fourth-order valence-corrected chi connectivity index (χ4v) is 1.91. The molecule has 3 nitrogen and oxygen atoms in total. The van der Waals surface area contributed by atoms with Gasteiger partial charge in [0.2, 0.25) is 0 Å². The average Bonchev–Trinajstić information content (AvgIpc) is 2.27. The molecular weight excluding hydrogens is 178 g/mol. The van der Waals surface area contributed by atoms with Crippen molar-refractivity contribution in [1.82, 2.24) is 0 Å². The van der Waals surface area contributed by atoms with E-state index in [2.05, 4.69) is 6.07 Å². The Kier molecular flexibility index (Phi) is 3.52. The highest BCUT2D eigenvalue weighted by atomic mass is 16.5. The van der Waals surface area contributed by atoms with Crippen LogP contribution in [0.15, 0.2) is 0 Å². The van der Waals surface area contributed by atoms with Gasteiger partial charge in [0, 0.05) is 0 Å². The first-order valence-electron chi connectivity index (χ1n) is 5.25. The first-order chi connectivity index (χ1) is 6.48. The summed E-state index contributed by atoms with van der Waals surface area (Å²) in [5.74, 6) is 0.246. The quantitative estimate of drug-likeness (QED) is 0.698. The molecule has 0 radical (unpaired) electrons. The van der Waals surface area contributed by atoms with Gasteiger partial charge in [-0.15, -0.1) is 0 Å². The van der Waals surface area contributed by atoms with E-state index in [-0.39, 0.29) is 12.0 Å². The first kappa shape index (κ1) is 11.5. The molecule has 0 unspecified atom stereocenters. The number of hydrogen-bond donors (Lipinski definition) is 1. The van der Waals surface area contributed by atoms with Crippen molar-refractivity contribution >= 4 is 0 Å². The minimum absolute atomic E-state index is 0.206. The highest BCUT2D eigenvalue weighted by Gasteiger charge is 2.36. The number of nitriles is 1. The van der Waals surface area contributed by atoms with Crippen molar-refractivity contribution < 1.29 is 9.84 Å². The van der Waals surface area contributed by atoms with E-state index in [1.54, 1.807) is 6.92 Å². The molecule has 80 valence electrons. The second-order valence-electron chi connectivity index (χ2n) is 4.63. The Bertz CT molecular complexity index is 234. The third-order valence-corrected chi connectivity index (χ3v) is 2.82. The summed E-state index contributed by atoms with van der Waals surface area (Å²) in [6.45, 7) is 5.83. The van der Waals surface area contributed by atoms with Crippen molar-refractivity contribution in [2.24, 2.45) is 5.92 Å². The Hall–Kier alpha value is -0.590. The molecule has 1 fully saturated rings. The standard InChI is InChI=1S/C11H19NO2/c1-8(2)10-9(13)5-4-6-11(3,7-12)14-10/h8-10,13H,4-6H2,1-3H3/t9-,10+,11-/m0/s1. The van der Waals surface area contributed by atoms with Crippen LogP contribution in [0.4, 0.5) is 0 Å². The van der Waals surface area contributed by atoms with E-state index in [1.807, 2.05) is 13.8 Å². The molecule has 0 saturated carbocycles. The van der Waals surface area contributed by atoms with Crippen LogP contribution in [0.2, 0.25) is 0 Å². The predicted molar refractivity (Wildman–Crippen MR) is 53.6 cm³/mol. The Morgan fingerprint density at radius 3 is 2.71 bits per heavy atom. The fraction of sp³-hybridized carbons (Fsp3) is 0.909. The summed E-state index contributed by atoms with van der Waals surface area (Å²) in [6.07, 6.45) is 1.67. The smallest absolute Gasteiger partial charge is 0.151 e. The molecule has 0 spiro atoms. The molecule has 0 aromatic rings. The van der Waals surface area contributed by atoms with Crippen LogP contribution in [0.5, 0.6) is 0 Å². The normalized spacial score (nSPS) is 39.1. The Balaban J connectivity index is 2.78. The van der Waals surface area contributed by atoms with Crippen molar-refractivity contribution in [2.45, 2.75) is 57.8 Å². The Labute approximate surface area is 85.7 Å². The van der Waals surface area contributed by atoms with Crippen molar-refractivity contribution in [3.63, 3.8) is 0 Å². The molecule has 14 heavy (non-hydrogen) atoms. The van der Waals surface area contributed by atoms with E-state index >= 15 is 0 Å². The molecule has 1 aliphatic heterocycles. The second kappa shape index (κ2) is 4.29. The van der Waals surface area contributed by atoms with Gasteiger partial charge in [0.1, 0.15) is 0 Å². The molecule has 0 aromatic carbocycles. The van der Waals surface area contributed by atoms with Gasteiger partial charge in [-0.25, -0.2) is 0 Å². The number of hydrogen-bond acceptors (Lipinski definition) is 3. The lowest BCUT2D eigenvalue weighted by Crippen LogP contribution is -2.39. The lowest BCUT2D eigenvalue weighted by atomic mass is 9.98. The van der Waals surface area contributed by atoms with Gasteiger partial charge in [0.05, 0.1) is 18.3 Å². The van der Waals surface area contributed by atoms with E-state index in [9.17, 15) is 5.11 Å². The minimum Gasteiger partial charge on any atom is -0.390 e. The zero-order valence-corrected chi connectivity index (χ0v) is 9.16. The first-order valence-corrected chi connectivity index (χ1v) is 5.25. The molecule has 1 heterocycles. The van der Waals surface area contributed by atoms with Gasteiger partial charge in [-0.2, -0.15) is 5.26 Å². The van der Waals surface area contributed by atoms with Crippen LogP contribution in [-0.4, -0.2) is 22.9 Å². The van der Waals surface area contributed by atoms with Crippen LogP contribution in [0.25, 0.3) is 0 Å². The van der Waals surface area contributed by atoms with E-state index < -0.39 is 11.7 Å². The molecular formula is C11H19NO2. The zero-order valence-electron chi connectivity index (χ0n) is 9.16. The Morgan fingerprint density at radius 2 is 2.21 bits per heavy atom. The van der Waals surface area contributed by atoms with Crippen molar-refractivity contribution in [3.05, 3.63) is 0 Å². The van der Waals surface area contributed by atoms with Crippen molar-refractivity contribution in [2.75, 3.05) is 0 Å². The van der Waals surface area contributed by atoms with Crippen LogP contribution < -0.4 is 0 Å². The van der Waals surface area contributed by atoms with Gasteiger partial charge in [0.25, 0.3) is 0 Å². The van der Waals surface area contributed by atoms with E-state index in [4.69, 9.17) is 10.00 Å². The van der Waals surface area contributed by atoms with Crippen LogP contribution in [0, 0.1) is 17.2 Å². The SMILES string of the molecule is CC(C)[C@H]1O[C@](C)(C#N)CCC[C@@H]1O. The van der Waals surface area contributed by atoms with Gasteiger partial charge in [-0.05, 0) is 32.1 Å². The van der Waals surface area contributed by atoms with Gasteiger partial charge >= 0.3 is 0 Å². The number of aliphatic hydroxyl groups excluding tert-OH is 1. The van der Waals surface area contributed by atoms with E-state index in [1.165, 1.54) is 0 Å². The van der Waals surface area contributed by atoms with Crippen LogP contribution in [0.3, 0.4) is 0 Å². The Morgan fingerprint density at radius 1 is 1.57 bits per heavy atom. The topological polar surface area (TPSA) is 53.2 Å². The van der Waals surface area contributed by atoms with Crippen LogP contribution >= 0.6 is 0 Å². The zero-order chi connectivity index (χ0) is 10.8. The number of rotatable bonds is 1. The maximum absolute atomic E-state index is 9.81.